The van der Waals surface area contributed by atoms with Crippen LogP contribution in [0.1, 0.15) is 5.56 Å². The zero-order valence-electron chi connectivity index (χ0n) is 8.93. The summed E-state index contributed by atoms with van der Waals surface area (Å²) in [5.41, 5.74) is 1.05. The molecule has 0 radical (unpaired) electrons. The lowest BCUT2D eigenvalue weighted by Gasteiger charge is -2.41. The van der Waals surface area contributed by atoms with Gasteiger partial charge in [-0.1, -0.05) is 43.5 Å². The van der Waals surface area contributed by atoms with E-state index in [0.29, 0.717) is 19.6 Å². The molecule has 0 atom stereocenters. The summed E-state index contributed by atoms with van der Waals surface area (Å²) in [4.78, 5) is 0. The zero-order chi connectivity index (χ0) is 11.1. The summed E-state index contributed by atoms with van der Waals surface area (Å²) in [7, 11) is 0. The van der Waals surface area contributed by atoms with Gasteiger partial charge in [0.1, 0.15) is 6.54 Å². The predicted molar refractivity (Wildman–Crippen MR) is 63.9 cm³/mol. The molecular formula is C13H17NO. The van der Waals surface area contributed by atoms with Crippen molar-refractivity contribution < 1.29 is 4.65 Å². The summed E-state index contributed by atoms with van der Waals surface area (Å²) in [5, 5.41) is 12.3. The molecule has 0 amide bonds. The molecule has 0 heterocycles. The first kappa shape index (κ1) is 11.7. The van der Waals surface area contributed by atoms with Gasteiger partial charge in [-0.2, -0.15) is 0 Å². The Morgan fingerprint density at radius 2 is 1.60 bits per heavy atom. The summed E-state index contributed by atoms with van der Waals surface area (Å²) >= 11 is 0. The summed E-state index contributed by atoms with van der Waals surface area (Å²) in [6, 6.07) is 9.78. The molecule has 2 heteroatoms. The quantitative estimate of drug-likeness (QED) is 0.396. The van der Waals surface area contributed by atoms with Crippen molar-refractivity contribution in [3.05, 3.63) is 66.4 Å². The maximum atomic E-state index is 12.3. The second-order valence-corrected chi connectivity index (χ2v) is 3.64. The van der Waals surface area contributed by atoms with Gasteiger partial charge in [0.2, 0.25) is 0 Å². The molecular weight excluding hydrogens is 186 g/mol. The normalized spacial score (nSPS) is 11.0. The molecule has 0 aliphatic carbocycles. The van der Waals surface area contributed by atoms with Crippen LogP contribution >= 0.6 is 0 Å². The second kappa shape index (κ2) is 5.49. The topological polar surface area (TPSA) is 23.1 Å². The Morgan fingerprint density at radius 3 is 2.07 bits per heavy atom. The van der Waals surface area contributed by atoms with Gasteiger partial charge in [-0.25, -0.2) is 0 Å². The van der Waals surface area contributed by atoms with Gasteiger partial charge in [0.15, 0.2) is 0 Å². The zero-order valence-corrected chi connectivity index (χ0v) is 8.93. The molecule has 1 rings (SSSR count). The van der Waals surface area contributed by atoms with Crippen molar-refractivity contribution >= 4 is 0 Å². The maximum Gasteiger partial charge on any atom is 0.105 e. The molecule has 0 saturated heterocycles. The van der Waals surface area contributed by atoms with Crippen molar-refractivity contribution in [2.24, 2.45) is 0 Å². The number of hydrogen-bond acceptors (Lipinski definition) is 1. The summed E-state index contributed by atoms with van der Waals surface area (Å²) in [6.07, 6.45) is 3.33. The average molecular weight is 203 g/mol. The lowest BCUT2D eigenvalue weighted by molar-refractivity contribution is -0.882. The fraction of sp³-hybridized carbons (Fsp3) is 0.231. The Bertz CT molecular complexity index is 309. The first-order valence-corrected chi connectivity index (χ1v) is 5.03. The minimum absolute atomic E-state index is 0.309. The molecule has 15 heavy (non-hydrogen) atoms. The Balaban J connectivity index is 2.74. The SMILES string of the molecule is C=CC[N+]([O-])(CC=C)Cc1ccccc1. The average Bonchev–Trinajstić information content (AvgIpc) is 2.19. The highest BCUT2D eigenvalue weighted by Crippen LogP contribution is 2.12. The summed E-state index contributed by atoms with van der Waals surface area (Å²) in [5.74, 6) is 0. The molecule has 1 aromatic rings. The molecule has 0 saturated carbocycles. The molecule has 0 fully saturated rings. The standard InChI is InChI=1S/C13H17NO/c1-3-10-14(15,11-4-2)12-13-8-6-5-7-9-13/h3-9H,1-2,10-12H2. The van der Waals surface area contributed by atoms with E-state index in [1.165, 1.54) is 0 Å². The first-order chi connectivity index (χ1) is 7.20. The van der Waals surface area contributed by atoms with Gasteiger partial charge in [-0.15, -0.1) is 0 Å². The molecule has 0 aliphatic heterocycles. The van der Waals surface area contributed by atoms with Gasteiger partial charge in [0.05, 0.1) is 13.1 Å². The third-order valence-electron chi connectivity index (χ3n) is 2.24. The van der Waals surface area contributed by atoms with E-state index in [1.54, 1.807) is 12.2 Å². The Kier molecular flexibility index (Phi) is 4.28. The van der Waals surface area contributed by atoms with E-state index in [4.69, 9.17) is 0 Å². The molecule has 0 aromatic heterocycles. The minimum atomic E-state index is -0.309. The minimum Gasteiger partial charge on any atom is -0.632 e. The Hall–Kier alpha value is -1.38. The fourth-order valence-corrected chi connectivity index (χ4v) is 1.59. The lowest BCUT2D eigenvalue weighted by atomic mass is 10.2. The third-order valence-corrected chi connectivity index (χ3v) is 2.24. The van der Waals surface area contributed by atoms with Crippen LogP contribution in [-0.4, -0.2) is 17.7 Å². The second-order valence-electron chi connectivity index (χ2n) is 3.64. The van der Waals surface area contributed by atoms with Crippen LogP contribution in [0.25, 0.3) is 0 Å². The van der Waals surface area contributed by atoms with E-state index < -0.39 is 0 Å². The van der Waals surface area contributed by atoms with Gasteiger partial charge >= 0.3 is 0 Å². The number of hydrogen-bond donors (Lipinski definition) is 0. The van der Waals surface area contributed by atoms with Crippen molar-refractivity contribution in [3.63, 3.8) is 0 Å². The van der Waals surface area contributed by atoms with Crippen LogP contribution in [-0.2, 0) is 6.54 Å². The van der Waals surface area contributed by atoms with Crippen molar-refractivity contribution in [2.75, 3.05) is 13.1 Å². The van der Waals surface area contributed by atoms with Gasteiger partial charge < -0.3 is 9.85 Å². The number of rotatable bonds is 6. The van der Waals surface area contributed by atoms with Crippen LogP contribution in [0.5, 0.6) is 0 Å². The summed E-state index contributed by atoms with van der Waals surface area (Å²) < 4.78 is -0.309. The van der Waals surface area contributed by atoms with E-state index in [9.17, 15) is 5.21 Å². The highest BCUT2D eigenvalue weighted by atomic mass is 16.5. The molecule has 0 N–H and O–H groups in total. The van der Waals surface area contributed by atoms with E-state index in [0.717, 1.165) is 5.56 Å². The third kappa shape index (κ3) is 3.70. The Morgan fingerprint density at radius 1 is 1.07 bits per heavy atom. The Labute approximate surface area is 91.3 Å². The van der Waals surface area contributed by atoms with Gasteiger partial charge in [0, 0.05) is 5.56 Å². The van der Waals surface area contributed by atoms with Gasteiger partial charge in [0.25, 0.3) is 0 Å². The first-order valence-electron chi connectivity index (χ1n) is 5.03. The van der Waals surface area contributed by atoms with Crippen LogP contribution < -0.4 is 0 Å². The molecule has 1 aromatic carbocycles. The summed E-state index contributed by atoms with van der Waals surface area (Å²) in [6.45, 7) is 8.55. The number of nitrogens with zero attached hydrogens (tertiary/aromatic N) is 1. The molecule has 80 valence electrons. The van der Waals surface area contributed by atoms with E-state index in [1.807, 2.05) is 30.3 Å². The van der Waals surface area contributed by atoms with Crippen molar-refractivity contribution in [2.45, 2.75) is 6.54 Å². The fourth-order valence-electron chi connectivity index (χ4n) is 1.59. The largest absolute Gasteiger partial charge is 0.632 e. The van der Waals surface area contributed by atoms with E-state index in [2.05, 4.69) is 13.2 Å². The van der Waals surface area contributed by atoms with Crippen LogP contribution in [0.4, 0.5) is 0 Å². The lowest BCUT2D eigenvalue weighted by Crippen LogP contribution is -2.41. The monoisotopic (exact) mass is 203 g/mol. The number of hydroxylamine groups is 3. The maximum absolute atomic E-state index is 12.3. The molecule has 0 unspecified atom stereocenters. The van der Waals surface area contributed by atoms with Crippen LogP contribution in [0, 0.1) is 5.21 Å². The molecule has 2 nitrogen and oxygen atoms in total. The number of quaternary nitrogens is 1. The highest BCUT2D eigenvalue weighted by Gasteiger charge is 2.13. The smallest absolute Gasteiger partial charge is 0.105 e. The van der Waals surface area contributed by atoms with Crippen molar-refractivity contribution in [1.29, 1.82) is 0 Å². The predicted octanol–water partition coefficient (Wildman–Crippen LogP) is 2.87. The van der Waals surface area contributed by atoms with Crippen LogP contribution in [0.2, 0.25) is 0 Å². The van der Waals surface area contributed by atoms with Crippen LogP contribution in [0.3, 0.4) is 0 Å². The van der Waals surface area contributed by atoms with Gasteiger partial charge in [-0.05, 0) is 12.2 Å². The van der Waals surface area contributed by atoms with Crippen molar-refractivity contribution in [3.8, 4) is 0 Å². The van der Waals surface area contributed by atoms with Crippen LogP contribution in [0.15, 0.2) is 55.6 Å². The molecule has 0 aliphatic rings. The van der Waals surface area contributed by atoms with Crippen molar-refractivity contribution in [1.82, 2.24) is 0 Å². The van der Waals surface area contributed by atoms with E-state index >= 15 is 0 Å². The number of benzene rings is 1. The molecule has 0 bridgehead atoms. The van der Waals surface area contributed by atoms with Gasteiger partial charge in [-0.3, -0.25) is 0 Å². The molecule has 0 spiro atoms. The van der Waals surface area contributed by atoms with E-state index in [-0.39, 0.29) is 4.65 Å². The highest BCUT2D eigenvalue weighted by molar-refractivity contribution is 5.13.